The summed E-state index contributed by atoms with van der Waals surface area (Å²) in [5, 5.41) is 8.42. The van der Waals surface area contributed by atoms with Crippen LogP contribution in [-0.4, -0.2) is 53.6 Å². The number of imide groups is 1. The highest BCUT2D eigenvalue weighted by atomic mass is 32.2. The maximum Gasteiger partial charge on any atom is 0.247 e. The van der Waals surface area contributed by atoms with E-state index in [4.69, 9.17) is 19.2 Å². The van der Waals surface area contributed by atoms with Gasteiger partial charge in [-0.1, -0.05) is 11.8 Å². The highest BCUT2D eigenvalue weighted by Crippen LogP contribution is 2.36. The molecule has 38 heavy (non-hydrogen) atoms. The van der Waals surface area contributed by atoms with Crippen LogP contribution >= 0.6 is 11.8 Å². The minimum atomic E-state index is -0.665. The van der Waals surface area contributed by atoms with Crippen molar-refractivity contribution >= 4 is 29.3 Å². The zero-order valence-electron chi connectivity index (χ0n) is 21.0. The zero-order valence-corrected chi connectivity index (χ0v) is 21.8. The molecule has 1 fully saturated rings. The SMILES string of the molecule is COc1ccc(-c2nnc(SC3CC(=O)N(c4ccc(OC)cc4)C3=O)nc2-c2ccc(OC)cc2)cc1. The summed E-state index contributed by atoms with van der Waals surface area (Å²) in [6, 6.07) is 21.7. The third kappa shape index (κ3) is 5.03. The van der Waals surface area contributed by atoms with Gasteiger partial charge in [0, 0.05) is 17.5 Å². The lowest BCUT2D eigenvalue weighted by molar-refractivity contribution is -0.121. The van der Waals surface area contributed by atoms with E-state index in [1.54, 1.807) is 45.6 Å². The number of hydrogen-bond donors (Lipinski definition) is 0. The molecule has 2 amide bonds. The van der Waals surface area contributed by atoms with Crippen LogP contribution in [0.2, 0.25) is 0 Å². The lowest BCUT2D eigenvalue weighted by Crippen LogP contribution is -2.31. The Morgan fingerprint density at radius 1 is 0.711 bits per heavy atom. The molecular formula is C28H24N4O5S. The number of thioether (sulfide) groups is 1. The predicted molar refractivity (Wildman–Crippen MR) is 144 cm³/mol. The van der Waals surface area contributed by atoms with Crippen molar-refractivity contribution in [1.82, 2.24) is 15.2 Å². The summed E-state index contributed by atoms with van der Waals surface area (Å²) >= 11 is 1.13. The molecule has 0 aliphatic carbocycles. The molecule has 1 saturated heterocycles. The molecule has 0 spiro atoms. The van der Waals surface area contributed by atoms with E-state index < -0.39 is 5.25 Å². The molecule has 1 unspecified atom stereocenters. The maximum atomic E-state index is 13.2. The number of carbonyl (C=O) groups is 2. The minimum Gasteiger partial charge on any atom is -0.497 e. The number of aromatic nitrogens is 3. The molecule has 4 aromatic rings. The van der Waals surface area contributed by atoms with Crippen molar-refractivity contribution in [3.8, 4) is 39.8 Å². The van der Waals surface area contributed by atoms with Crippen molar-refractivity contribution in [3.05, 3.63) is 72.8 Å². The monoisotopic (exact) mass is 528 g/mol. The highest BCUT2D eigenvalue weighted by Gasteiger charge is 2.41. The van der Waals surface area contributed by atoms with Gasteiger partial charge in [0.05, 0.1) is 27.0 Å². The molecule has 0 radical (unpaired) electrons. The van der Waals surface area contributed by atoms with E-state index >= 15 is 0 Å². The molecular weight excluding hydrogens is 504 g/mol. The molecule has 1 aliphatic heterocycles. The second kappa shape index (κ2) is 10.9. The van der Waals surface area contributed by atoms with Crippen molar-refractivity contribution < 1.29 is 23.8 Å². The number of benzene rings is 3. The Morgan fingerprint density at radius 3 is 1.74 bits per heavy atom. The van der Waals surface area contributed by atoms with Crippen LogP contribution in [0.15, 0.2) is 78.0 Å². The van der Waals surface area contributed by atoms with E-state index in [-0.39, 0.29) is 18.2 Å². The van der Waals surface area contributed by atoms with E-state index in [1.165, 1.54) is 4.90 Å². The van der Waals surface area contributed by atoms with Crippen LogP contribution in [0.1, 0.15) is 6.42 Å². The number of carbonyl (C=O) groups excluding carboxylic acids is 2. The maximum absolute atomic E-state index is 13.2. The number of rotatable bonds is 8. The third-order valence-corrected chi connectivity index (χ3v) is 7.11. The largest absolute Gasteiger partial charge is 0.497 e. The van der Waals surface area contributed by atoms with Crippen LogP contribution < -0.4 is 19.1 Å². The van der Waals surface area contributed by atoms with Crippen LogP contribution in [0.3, 0.4) is 0 Å². The number of anilines is 1. The smallest absolute Gasteiger partial charge is 0.247 e. The predicted octanol–water partition coefficient (Wildman–Crippen LogP) is 4.66. The Balaban J connectivity index is 1.46. The quantitative estimate of drug-likeness (QED) is 0.302. The van der Waals surface area contributed by atoms with Gasteiger partial charge in [-0.05, 0) is 72.8 Å². The van der Waals surface area contributed by atoms with Gasteiger partial charge in [-0.25, -0.2) is 9.88 Å². The molecule has 1 aromatic heterocycles. The summed E-state index contributed by atoms with van der Waals surface area (Å²) in [5.74, 6) is 1.47. The van der Waals surface area contributed by atoms with E-state index in [0.29, 0.717) is 33.7 Å². The highest BCUT2D eigenvalue weighted by molar-refractivity contribution is 8.00. The number of ether oxygens (including phenoxy) is 3. The Morgan fingerprint density at radius 2 is 1.21 bits per heavy atom. The summed E-state index contributed by atoms with van der Waals surface area (Å²) < 4.78 is 15.7. The van der Waals surface area contributed by atoms with Gasteiger partial charge in [-0.2, -0.15) is 0 Å². The fourth-order valence-corrected chi connectivity index (χ4v) is 5.00. The van der Waals surface area contributed by atoms with Crippen molar-refractivity contribution in [3.63, 3.8) is 0 Å². The first-order valence-corrected chi connectivity index (χ1v) is 12.6. The molecule has 1 aliphatic rings. The summed E-state index contributed by atoms with van der Waals surface area (Å²) in [4.78, 5) is 31.9. The van der Waals surface area contributed by atoms with E-state index in [1.807, 2.05) is 48.5 Å². The number of methoxy groups -OCH3 is 3. The van der Waals surface area contributed by atoms with E-state index in [0.717, 1.165) is 28.6 Å². The molecule has 192 valence electrons. The molecule has 10 heteroatoms. The van der Waals surface area contributed by atoms with Crippen LogP contribution in [-0.2, 0) is 9.59 Å². The van der Waals surface area contributed by atoms with Crippen LogP contribution in [0.4, 0.5) is 5.69 Å². The average Bonchev–Trinajstić information content (AvgIpc) is 3.25. The molecule has 3 aromatic carbocycles. The lowest BCUT2D eigenvalue weighted by Gasteiger charge is -2.15. The second-order valence-electron chi connectivity index (χ2n) is 8.32. The second-order valence-corrected chi connectivity index (χ2v) is 9.49. The fourth-order valence-electron chi connectivity index (χ4n) is 4.08. The Labute approximate surface area is 223 Å². The van der Waals surface area contributed by atoms with Crippen LogP contribution in [0.25, 0.3) is 22.5 Å². The van der Waals surface area contributed by atoms with Gasteiger partial charge >= 0.3 is 0 Å². The van der Waals surface area contributed by atoms with Gasteiger partial charge < -0.3 is 14.2 Å². The molecule has 9 nitrogen and oxygen atoms in total. The summed E-state index contributed by atoms with van der Waals surface area (Å²) in [6.07, 6.45) is 0.0387. The van der Waals surface area contributed by atoms with Crippen molar-refractivity contribution in [2.45, 2.75) is 16.8 Å². The first kappa shape index (κ1) is 25.2. The molecule has 2 heterocycles. The average molecular weight is 529 g/mol. The lowest BCUT2D eigenvalue weighted by atomic mass is 10.0. The Hall–Kier alpha value is -4.44. The zero-order chi connectivity index (χ0) is 26.6. The third-order valence-electron chi connectivity index (χ3n) is 6.08. The van der Waals surface area contributed by atoms with Crippen molar-refractivity contribution in [2.75, 3.05) is 26.2 Å². The first-order chi connectivity index (χ1) is 18.5. The van der Waals surface area contributed by atoms with Crippen LogP contribution in [0.5, 0.6) is 17.2 Å². The van der Waals surface area contributed by atoms with Gasteiger partial charge in [0.2, 0.25) is 17.0 Å². The first-order valence-electron chi connectivity index (χ1n) is 11.7. The molecule has 1 atom stereocenters. The van der Waals surface area contributed by atoms with Crippen molar-refractivity contribution in [1.29, 1.82) is 0 Å². The standard InChI is InChI=1S/C28H24N4O5S/c1-35-20-10-4-17(5-11-20)25-26(18-6-12-21(36-2)13-7-18)30-31-28(29-25)38-23-16-24(33)32(27(23)34)19-8-14-22(37-3)15-9-19/h4-15,23H,16H2,1-3H3. The summed E-state index contributed by atoms with van der Waals surface area (Å²) in [6.45, 7) is 0. The topological polar surface area (TPSA) is 104 Å². The van der Waals surface area contributed by atoms with Gasteiger partial charge in [0.15, 0.2) is 0 Å². The van der Waals surface area contributed by atoms with Gasteiger partial charge in [0.25, 0.3) is 0 Å². The fraction of sp³-hybridized carbons (Fsp3) is 0.179. The number of amides is 2. The van der Waals surface area contributed by atoms with E-state index in [9.17, 15) is 9.59 Å². The molecule has 0 N–H and O–H groups in total. The minimum absolute atomic E-state index is 0.0387. The van der Waals surface area contributed by atoms with Gasteiger partial charge in [-0.15, -0.1) is 10.2 Å². The Bertz CT molecular complexity index is 1460. The Kier molecular flexibility index (Phi) is 7.23. The normalized spacial score (nSPS) is 15.0. The molecule has 5 rings (SSSR count). The van der Waals surface area contributed by atoms with Gasteiger partial charge in [0.1, 0.15) is 33.9 Å². The van der Waals surface area contributed by atoms with Crippen LogP contribution in [0, 0.1) is 0 Å². The summed E-state index contributed by atoms with van der Waals surface area (Å²) in [7, 11) is 4.77. The van der Waals surface area contributed by atoms with Crippen molar-refractivity contribution in [2.24, 2.45) is 0 Å². The number of nitrogens with zero attached hydrogens (tertiary/aromatic N) is 4. The molecule has 0 bridgehead atoms. The summed E-state index contributed by atoms with van der Waals surface area (Å²) in [5.41, 5.74) is 3.29. The number of hydrogen-bond acceptors (Lipinski definition) is 9. The van der Waals surface area contributed by atoms with Gasteiger partial charge in [-0.3, -0.25) is 9.59 Å². The molecule has 0 saturated carbocycles. The van der Waals surface area contributed by atoms with E-state index in [2.05, 4.69) is 10.2 Å².